The number of carbonyl (C=O) groups is 2. The molecular weight excluding hydrogens is 154 g/mol. The van der Waals surface area contributed by atoms with Crippen molar-refractivity contribution < 1.29 is 9.59 Å². The van der Waals surface area contributed by atoms with Gasteiger partial charge in [0.05, 0.1) is 0 Å². The fourth-order valence-corrected chi connectivity index (χ4v) is 1.26. The van der Waals surface area contributed by atoms with Crippen LogP contribution in [0.1, 0.15) is 26.7 Å². The van der Waals surface area contributed by atoms with Gasteiger partial charge in [0, 0.05) is 12.8 Å². The Hall–Kier alpha value is -1.30. The van der Waals surface area contributed by atoms with Crippen LogP contribution in [0.5, 0.6) is 0 Å². The summed E-state index contributed by atoms with van der Waals surface area (Å²) in [5, 5.41) is 0. The first-order chi connectivity index (χ1) is 5.49. The molecule has 0 atom stereocenters. The highest BCUT2D eigenvalue weighted by Gasteiger charge is 2.38. The van der Waals surface area contributed by atoms with Gasteiger partial charge < -0.3 is 0 Å². The van der Waals surface area contributed by atoms with E-state index in [-0.39, 0.29) is 11.8 Å². The van der Waals surface area contributed by atoms with E-state index in [9.17, 15) is 9.59 Å². The van der Waals surface area contributed by atoms with Crippen molar-refractivity contribution in [3.05, 3.63) is 0 Å². The van der Waals surface area contributed by atoms with Gasteiger partial charge in [0.15, 0.2) is 0 Å². The van der Waals surface area contributed by atoms with E-state index in [4.69, 9.17) is 6.42 Å². The third kappa shape index (κ3) is 1.20. The van der Waals surface area contributed by atoms with Gasteiger partial charge in [0.2, 0.25) is 11.8 Å². The van der Waals surface area contributed by atoms with Gasteiger partial charge in [-0.15, -0.1) is 6.42 Å². The minimum absolute atomic E-state index is 0.164. The first-order valence-electron chi connectivity index (χ1n) is 3.82. The minimum atomic E-state index is -0.773. The highest BCUT2D eigenvalue weighted by molar-refractivity contribution is 6.03. The zero-order valence-corrected chi connectivity index (χ0v) is 7.26. The highest BCUT2D eigenvalue weighted by Crippen LogP contribution is 2.22. The lowest BCUT2D eigenvalue weighted by Gasteiger charge is -2.28. The molecule has 1 rings (SSSR count). The summed E-state index contributed by atoms with van der Waals surface area (Å²) in [7, 11) is 0. The normalized spacial score (nSPS) is 18.2. The van der Waals surface area contributed by atoms with Crippen LogP contribution in [0.4, 0.5) is 0 Å². The average molecular weight is 165 g/mol. The van der Waals surface area contributed by atoms with E-state index in [0.717, 1.165) is 0 Å². The predicted octanol–water partition coefficient (Wildman–Crippen LogP) is 0.547. The lowest BCUT2D eigenvalue weighted by Crippen LogP contribution is -2.46. The second-order valence-electron chi connectivity index (χ2n) is 3.33. The molecule has 0 unspecified atom stereocenters. The van der Waals surface area contributed by atoms with Crippen molar-refractivity contribution in [2.45, 2.75) is 32.2 Å². The highest BCUT2D eigenvalue weighted by atomic mass is 16.2. The molecule has 3 nitrogen and oxygen atoms in total. The molecule has 0 saturated carbocycles. The van der Waals surface area contributed by atoms with Gasteiger partial charge in [-0.1, -0.05) is 5.92 Å². The van der Waals surface area contributed by atoms with Crippen LogP contribution in [0.2, 0.25) is 0 Å². The van der Waals surface area contributed by atoms with Crippen molar-refractivity contribution in [1.82, 2.24) is 4.90 Å². The summed E-state index contributed by atoms with van der Waals surface area (Å²) >= 11 is 0. The fourth-order valence-electron chi connectivity index (χ4n) is 1.26. The maximum atomic E-state index is 11.2. The summed E-state index contributed by atoms with van der Waals surface area (Å²) in [5.74, 6) is 2.10. The van der Waals surface area contributed by atoms with E-state index in [2.05, 4.69) is 5.92 Å². The van der Waals surface area contributed by atoms with Gasteiger partial charge in [-0.05, 0) is 13.8 Å². The predicted molar refractivity (Wildman–Crippen MR) is 44.0 cm³/mol. The van der Waals surface area contributed by atoms with E-state index < -0.39 is 5.54 Å². The molecule has 0 aromatic heterocycles. The Morgan fingerprint density at radius 3 is 2.08 bits per heavy atom. The Balaban J connectivity index is 2.95. The van der Waals surface area contributed by atoms with Crippen LogP contribution in [0.3, 0.4) is 0 Å². The number of carbonyl (C=O) groups excluding carboxylic acids is 2. The molecule has 12 heavy (non-hydrogen) atoms. The molecule has 1 fully saturated rings. The Morgan fingerprint density at radius 1 is 1.33 bits per heavy atom. The molecule has 0 N–H and O–H groups in total. The Bertz CT molecular complexity index is 257. The second-order valence-corrected chi connectivity index (χ2v) is 3.33. The molecule has 1 aliphatic heterocycles. The maximum absolute atomic E-state index is 11.2. The number of nitrogens with zero attached hydrogens (tertiary/aromatic N) is 1. The van der Waals surface area contributed by atoms with E-state index >= 15 is 0 Å². The van der Waals surface area contributed by atoms with Crippen LogP contribution in [0, 0.1) is 12.3 Å². The van der Waals surface area contributed by atoms with Crippen LogP contribution >= 0.6 is 0 Å². The van der Waals surface area contributed by atoms with Crippen molar-refractivity contribution in [3.8, 4) is 12.3 Å². The van der Waals surface area contributed by atoms with E-state index in [0.29, 0.717) is 12.8 Å². The van der Waals surface area contributed by atoms with E-state index in [1.54, 1.807) is 13.8 Å². The number of imide groups is 1. The van der Waals surface area contributed by atoms with Gasteiger partial charge in [-0.2, -0.15) is 0 Å². The molecule has 0 spiro atoms. The van der Waals surface area contributed by atoms with Gasteiger partial charge in [-0.25, -0.2) is 0 Å². The quantitative estimate of drug-likeness (QED) is 0.420. The number of terminal acetylenes is 1. The number of likely N-dealkylation sites (tertiary alicyclic amines) is 1. The van der Waals surface area contributed by atoms with Crippen molar-refractivity contribution >= 4 is 11.8 Å². The summed E-state index contributed by atoms with van der Waals surface area (Å²) in [6, 6.07) is 0. The molecule has 0 aliphatic carbocycles. The molecule has 3 heteroatoms. The monoisotopic (exact) mass is 165 g/mol. The van der Waals surface area contributed by atoms with Crippen LogP contribution in [-0.4, -0.2) is 22.3 Å². The number of amides is 2. The molecule has 0 bridgehead atoms. The third-order valence-corrected chi connectivity index (χ3v) is 1.96. The number of hydrogen-bond donors (Lipinski definition) is 0. The Kier molecular flexibility index (Phi) is 1.93. The maximum Gasteiger partial charge on any atom is 0.230 e. The fraction of sp³-hybridized carbons (Fsp3) is 0.556. The lowest BCUT2D eigenvalue weighted by atomic mass is 10.1. The minimum Gasteiger partial charge on any atom is -0.274 e. The molecular formula is C9H11NO2. The van der Waals surface area contributed by atoms with Gasteiger partial charge in [-0.3, -0.25) is 14.5 Å². The molecule has 0 radical (unpaired) electrons. The number of rotatable bonds is 1. The molecule has 1 aliphatic rings. The average Bonchev–Trinajstić information content (AvgIpc) is 2.31. The zero-order chi connectivity index (χ0) is 9.35. The first-order valence-corrected chi connectivity index (χ1v) is 3.82. The Labute approximate surface area is 71.7 Å². The second kappa shape index (κ2) is 2.63. The smallest absolute Gasteiger partial charge is 0.230 e. The summed E-state index contributed by atoms with van der Waals surface area (Å²) in [4.78, 5) is 23.6. The molecule has 64 valence electrons. The topological polar surface area (TPSA) is 37.4 Å². The summed E-state index contributed by atoms with van der Waals surface area (Å²) < 4.78 is 0. The van der Waals surface area contributed by atoms with Crippen molar-refractivity contribution in [1.29, 1.82) is 0 Å². The van der Waals surface area contributed by atoms with Crippen molar-refractivity contribution in [2.24, 2.45) is 0 Å². The van der Waals surface area contributed by atoms with Crippen LogP contribution in [0.15, 0.2) is 0 Å². The van der Waals surface area contributed by atoms with Crippen LogP contribution < -0.4 is 0 Å². The third-order valence-electron chi connectivity index (χ3n) is 1.96. The van der Waals surface area contributed by atoms with E-state index in [1.165, 1.54) is 4.90 Å². The molecule has 1 heterocycles. The summed E-state index contributed by atoms with van der Waals surface area (Å²) in [6.45, 7) is 3.38. The molecule has 2 amide bonds. The molecule has 0 aromatic carbocycles. The van der Waals surface area contributed by atoms with Gasteiger partial charge in [0.1, 0.15) is 5.54 Å². The van der Waals surface area contributed by atoms with E-state index in [1.807, 2.05) is 0 Å². The van der Waals surface area contributed by atoms with Gasteiger partial charge in [0.25, 0.3) is 0 Å². The standard InChI is InChI=1S/C9H11NO2/c1-4-9(2,3)10-7(11)5-6-8(10)12/h1H,5-6H2,2-3H3. The van der Waals surface area contributed by atoms with Crippen LogP contribution in [-0.2, 0) is 9.59 Å². The van der Waals surface area contributed by atoms with Crippen molar-refractivity contribution in [3.63, 3.8) is 0 Å². The SMILES string of the molecule is C#CC(C)(C)N1C(=O)CCC1=O. The number of hydrogen-bond acceptors (Lipinski definition) is 2. The summed E-state index contributed by atoms with van der Waals surface area (Å²) in [6.07, 6.45) is 5.81. The lowest BCUT2D eigenvalue weighted by molar-refractivity contribution is -0.142. The molecule has 1 saturated heterocycles. The Morgan fingerprint density at radius 2 is 1.75 bits per heavy atom. The first kappa shape index (κ1) is 8.79. The zero-order valence-electron chi connectivity index (χ0n) is 7.26. The van der Waals surface area contributed by atoms with Crippen LogP contribution in [0.25, 0.3) is 0 Å². The summed E-state index contributed by atoms with van der Waals surface area (Å²) in [5.41, 5.74) is -0.773. The van der Waals surface area contributed by atoms with Crippen molar-refractivity contribution in [2.75, 3.05) is 0 Å². The largest absolute Gasteiger partial charge is 0.274 e. The van der Waals surface area contributed by atoms with Gasteiger partial charge >= 0.3 is 0 Å². The molecule has 0 aromatic rings.